The first-order chi connectivity index (χ1) is 8.18. The van der Waals surface area contributed by atoms with Gasteiger partial charge in [0.15, 0.2) is 5.78 Å². The standard InChI is InChI=1S/C9H10F3NO4S/c10-9(11,12)5(3-18)7(15)13-2-4(14)1-6(13)8(16)17/h5-6,18H,1-3H2,(H,16,17)/t5?,6-/m0/s1. The number of Topliss-reactive ketones (excluding diaryl/α,β-unsaturated/α-hetero) is 1. The van der Waals surface area contributed by atoms with Gasteiger partial charge in [-0.15, -0.1) is 0 Å². The minimum absolute atomic E-state index is 0.457. The highest BCUT2D eigenvalue weighted by molar-refractivity contribution is 7.80. The minimum Gasteiger partial charge on any atom is -0.480 e. The molecule has 0 saturated carbocycles. The van der Waals surface area contributed by atoms with Crippen molar-refractivity contribution in [3.8, 4) is 0 Å². The largest absolute Gasteiger partial charge is 0.480 e. The summed E-state index contributed by atoms with van der Waals surface area (Å²) in [6.45, 7) is -0.601. The Labute approximate surface area is 105 Å². The number of amides is 1. The molecule has 0 aromatic carbocycles. The topological polar surface area (TPSA) is 74.7 Å². The number of aliphatic carboxylic acids is 1. The Bertz CT molecular complexity index is 384. The van der Waals surface area contributed by atoms with E-state index in [1.54, 1.807) is 0 Å². The second kappa shape index (κ2) is 5.17. The Hall–Kier alpha value is -1.25. The van der Waals surface area contributed by atoms with E-state index in [-0.39, 0.29) is 0 Å². The first-order valence-electron chi connectivity index (χ1n) is 4.91. The third-order valence-corrected chi connectivity index (χ3v) is 2.95. The zero-order valence-electron chi connectivity index (χ0n) is 8.98. The van der Waals surface area contributed by atoms with Crippen LogP contribution in [0.1, 0.15) is 6.42 Å². The number of carbonyl (C=O) groups is 3. The van der Waals surface area contributed by atoms with E-state index in [0.717, 1.165) is 0 Å². The first-order valence-corrected chi connectivity index (χ1v) is 5.54. The maximum Gasteiger partial charge on any atom is 0.401 e. The number of hydrogen-bond donors (Lipinski definition) is 2. The molecule has 1 heterocycles. The van der Waals surface area contributed by atoms with E-state index in [4.69, 9.17) is 5.11 Å². The van der Waals surface area contributed by atoms with E-state index in [9.17, 15) is 27.6 Å². The summed E-state index contributed by atoms with van der Waals surface area (Å²) < 4.78 is 37.6. The van der Waals surface area contributed by atoms with Crippen LogP contribution < -0.4 is 0 Å². The van der Waals surface area contributed by atoms with Gasteiger partial charge in [0.25, 0.3) is 0 Å². The minimum atomic E-state index is -4.81. The third-order valence-electron chi connectivity index (χ3n) is 2.59. The van der Waals surface area contributed by atoms with Crippen LogP contribution >= 0.6 is 12.6 Å². The number of carboxylic acid groups (broad SMARTS) is 1. The van der Waals surface area contributed by atoms with Crippen LogP contribution in [0.5, 0.6) is 0 Å². The molecule has 1 amide bonds. The number of thiol groups is 1. The fourth-order valence-electron chi connectivity index (χ4n) is 1.66. The van der Waals surface area contributed by atoms with Crippen LogP contribution in [0.3, 0.4) is 0 Å². The molecule has 18 heavy (non-hydrogen) atoms. The fraction of sp³-hybridized carbons (Fsp3) is 0.667. The molecule has 0 aliphatic carbocycles. The van der Waals surface area contributed by atoms with Crippen molar-refractivity contribution in [1.29, 1.82) is 0 Å². The average molecular weight is 285 g/mol. The van der Waals surface area contributed by atoms with Gasteiger partial charge >= 0.3 is 12.1 Å². The van der Waals surface area contributed by atoms with Gasteiger partial charge in [0.2, 0.25) is 5.91 Å². The van der Waals surface area contributed by atoms with E-state index >= 15 is 0 Å². The van der Waals surface area contributed by atoms with Crippen LogP contribution in [-0.4, -0.2) is 52.2 Å². The molecule has 1 N–H and O–H groups in total. The number of ketones is 1. The van der Waals surface area contributed by atoms with Crippen molar-refractivity contribution in [2.45, 2.75) is 18.6 Å². The van der Waals surface area contributed by atoms with Gasteiger partial charge < -0.3 is 10.0 Å². The summed E-state index contributed by atoms with van der Waals surface area (Å²) >= 11 is 3.45. The number of hydrogen-bond acceptors (Lipinski definition) is 4. The highest BCUT2D eigenvalue weighted by atomic mass is 32.1. The van der Waals surface area contributed by atoms with Crippen LogP contribution in [0, 0.1) is 5.92 Å². The zero-order valence-corrected chi connectivity index (χ0v) is 9.87. The molecule has 0 spiro atoms. The Morgan fingerprint density at radius 1 is 1.50 bits per heavy atom. The summed E-state index contributed by atoms with van der Waals surface area (Å²) in [4.78, 5) is 33.9. The normalized spacial score (nSPS) is 22.1. The Balaban J connectivity index is 2.94. The summed E-state index contributed by atoms with van der Waals surface area (Å²) in [5, 5.41) is 8.76. The molecule has 0 bridgehead atoms. The molecule has 0 radical (unpaired) electrons. The maximum absolute atomic E-state index is 12.5. The van der Waals surface area contributed by atoms with Crippen molar-refractivity contribution in [2.75, 3.05) is 12.3 Å². The molecular weight excluding hydrogens is 275 g/mol. The summed E-state index contributed by atoms with van der Waals surface area (Å²) in [6, 6.07) is -1.52. The molecular formula is C9H10F3NO4S. The molecule has 1 aliphatic rings. The van der Waals surface area contributed by atoms with Crippen LogP contribution in [0.15, 0.2) is 0 Å². The molecule has 9 heteroatoms. The van der Waals surface area contributed by atoms with Crippen molar-refractivity contribution in [1.82, 2.24) is 4.90 Å². The predicted octanol–water partition coefficient (Wildman–Crippen LogP) is 0.349. The number of nitrogens with zero attached hydrogens (tertiary/aromatic N) is 1. The van der Waals surface area contributed by atoms with Gasteiger partial charge in [0.05, 0.1) is 6.54 Å². The van der Waals surface area contributed by atoms with Crippen molar-refractivity contribution in [3.05, 3.63) is 0 Å². The van der Waals surface area contributed by atoms with Gasteiger partial charge in [-0.2, -0.15) is 25.8 Å². The van der Waals surface area contributed by atoms with E-state index in [0.29, 0.717) is 4.90 Å². The van der Waals surface area contributed by atoms with E-state index in [1.165, 1.54) is 0 Å². The quantitative estimate of drug-likeness (QED) is 0.734. The highest BCUT2D eigenvalue weighted by Gasteiger charge is 2.49. The van der Waals surface area contributed by atoms with Gasteiger partial charge in [-0.25, -0.2) is 4.79 Å². The zero-order chi connectivity index (χ0) is 14.1. The molecule has 5 nitrogen and oxygen atoms in total. The molecule has 0 aromatic heterocycles. The molecule has 1 aliphatic heterocycles. The van der Waals surface area contributed by atoms with Gasteiger partial charge in [-0.1, -0.05) is 0 Å². The third kappa shape index (κ3) is 2.95. The molecule has 1 saturated heterocycles. The molecule has 1 fully saturated rings. The summed E-state index contributed by atoms with van der Waals surface area (Å²) in [7, 11) is 0. The monoisotopic (exact) mass is 285 g/mol. The van der Waals surface area contributed by atoms with Crippen molar-refractivity contribution >= 4 is 30.3 Å². The van der Waals surface area contributed by atoms with Gasteiger partial charge in [-0.05, 0) is 0 Å². The molecule has 102 valence electrons. The second-order valence-electron chi connectivity index (χ2n) is 3.84. The van der Waals surface area contributed by atoms with Crippen molar-refractivity contribution in [3.63, 3.8) is 0 Å². The lowest BCUT2D eigenvalue weighted by molar-refractivity contribution is -0.186. The summed E-state index contributed by atoms with van der Waals surface area (Å²) in [5.74, 6) is -6.67. The Kier molecular flexibility index (Phi) is 4.25. The number of carboxylic acids is 1. The number of halogens is 3. The number of carbonyl (C=O) groups excluding carboxylic acids is 2. The number of likely N-dealkylation sites (tertiary alicyclic amines) is 1. The first kappa shape index (κ1) is 14.8. The Morgan fingerprint density at radius 3 is 2.44 bits per heavy atom. The van der Waals surface area contributed by atoms with Crippen LogP contribution in [0.4, 0.5) is 13.2 Å². The van der Waals surface area contributed by atoms with Crippen LogP contribution in [-0.2, 0) is 14.4 Å². The fourth-order valence-corrected chi connectivity index (χ4v) is 2.03. The smallest absolute Gasteiger partial charge is 0.401 e. The summed E-state index contributed by atoms with van der Waals surface area (Å²) in [6.07, 6.45) is -5.27. The van der Waals surface area contributed by atoms with Crippen LogP contribution in [0.25, 0.3) is 0 Å². The highest BCUT2D eigenvalue weighted by Crippen LogP contribution is 2.30. The lowest BCUT2D eigenvalue weighted by Gasteiger charge is -2.26. The lowest BCUT2D eigenvalue weighted by Crippen LogP contribution is -2.48. The van der Waals surface area contributed by atoms with E-state index in [2.05, 4.69) is 12.6 Å². The van der Waals surface area contributed by atoms with E-state index < -0.39 is 54.5 Å². The predicted molar refractivity (Wildman–Crippen MR) is 56.2 cm³/mol. The summed E-state index contributed by atoms with van der Waals surface area (Å²) in [5.41, 5.74) is 0. The Morgan fingerprint density at radius 2 is 2.06 bits per heavy atom. The SMILES string of the molecule is O=C1C[C@@H](C(=O)O)N(C(=O)C(CS)C(F)(F)F)C1. The average Bonchev–Trinajstić information content (AvgIpc) is 2.59. The number of alkyl halides is 3. The molecule has 0 aromatic rings. The molecule has 1 unspecified atom stereocenters. The van der Waals surface area contributed by atoms with Gasteiger partial charge in [0.1, 0.15) is 12.0 Å². The molecule has 2 atom stereocenters. The molecule has 1 rings (SSSR count). The van der Waals surface area contributed by atoms with Crippen molar-refractivity contribution < 1.29 is 32.7 Å². The second-order valence-corrected chi connectivity index (χ2v) is 4.20. The maximum atomic E-state index is 12.5. The van der Waals surface area contributed by atoms with E-state index in [1.807, 2.05) is 0 Å². The number of rotatable bonds is 3. The van der Waals surface area contributed by atoms with Gasteiger partial charge in [0, 0.05) is 12.2 Å². The van der Waals surface area contributed by atoms with Crippen LogP contribution in [0.2, 0.25) is 0 Å². The lowest BCUT2D eigenvalue weighted by atomic mass is 10.1. The van der Waals surface area contributed by atoms with Gasteiger partial charge in [-0.3, -0.25) is 9.59 Å². The van der Waals surface area contributed by atoms with Crippen molar-refractivity contribution in [2.24, 2.45) is 5.92 Å².